The molecule has 1 aromatic heterocycles. The average Bonchev–Trinajstić information content (AvgIpc) is 3.37. The Morgan fingerprint density at radius 3 is 2.26 bits per heavy atom. The summed E-state index contributed by atoms with van der Waals surface area (Å²) in [5.41, 5.74) is 4.32. The Labute approximate surface area is 224 Å². The summed E-state index contributed by atoms with van der Waals surface area (Å²) in [6.07, 6.45) is 3.38. The molecule has 0 unspecified atom stereocenters. The lowest BCUT2D eigenvalue weighted by Gasteiger charge is -2.28. The number of hydrogen-bond donors (Lipinski definition) is 2. The number of methoxy groups -OCH3 is 1. The summed E-state index contributed by atoms with van der Waals surface area (Å²) >= 11 is 0. The zero-order valence-electron chi connectivity index (χ0n) is 21.9. The summed E-state index contributed by atoms with van der Waals surface area (Å²) in [7, 11) is 1.64. The summed E-state index contributed by atoms with van der Waals surface area (Å²) in [6.45, 7) is 2.40. The number of urea groups is 1. The highest BCUT2D eigenvalue weighted by atomic mass is 16.5. The molecule has 0 spiro atoms. The van der Waals surface area contributed by atoms with Crippen molar-refractivity contribution in [1.82, 2.24) is 20.1 Å². The smallest absolute Gasteiger partial charge is 0.318 e. The first-order valence-corrected chi connectivity index (χ1v) is 13.1. The molecule has 0 fully saturated rings. The second kappa shape index (κ2) is 14.0. The van der Waals surface area contributed by atoms with Gasteiger partial charge >= 0.3 is 6.03 Å². The van der Waals surface area contributed by atoms with Crippen molar-refractivity contribution in [3.8, 4) is 0 Å². The van der Waals surface area contributed by atoms with Crippen molar-refractivity contribution in [3.05, 3.63) is 108 Å². The van der Waals surface area contributed by atoms with Crippen molar-refractivity contribution in [3.63, 3.8) is 0 Å². The topological polar surface area (TPSA) is 77.7 Å². The second-order valence-corrected chi connectivity index (χ2v) is 9.32. The lowest BCUT2D eigenvalue weighted by atomic mass is 10.1. The molecule has 4 rings (SSSR count). The highest BCUT2D eigenvalue weighted by Crippen LogP contribution is 2.19. The molecule has 0 radical (unpaired) electrons. The van der Waals surface area contributed by atoms with Crippen LogP contribution in [0.3, 0.4) is 0 Å². The third kappa shape index (κ3) is 7.70. The minimum absolute atomic E-state index is 0.00502. The van der Waals surface area contributed by atoms with Gasteiger partial charge in [0.1, 0.15) is 6.54 Å². The summed E-state index contributed by atoms with van der Waals surface area (Å²) in [6, 6.07) is 27.7. The fraction of sp³-hybridized carbons (Fsp3) is 0.290. The number of benzene rings is 3. The molecule has 0 aliphatic rings. The zero-order valence-corrected chi connectivity index (χ0v) is 21.9. The van der Waals surface area contributed by atoms with Crippen LogP contribution in [-0.4, -0.2) is 60.1 Å². The van der Waals surface area contributed by atoms with E-state index in [2.05, 4.69) is 22.4 Å². The maximum absolute atomic E-state index is 13.7. The van der Waals surface area contributed by atoms with E-state index >= 15 is 0 Å². The molecule has 0 aliphatic carbocycles. The minimum Gasteiger partial charge on any atom is -0.385 e. The molecule has 0 aliphatic heterocycles. The first kappa shape index (κ1) is 26.9. The van der Waals surface area contributed by atoms with Crippen LogP contribution in [-0.2, 0) is 29.0 Å². The van der Waals surface area contributed by atoms with E-state index in [0.29, 0.717) is 45.6 Å². The van der Waals surface area contributed by atoms with E-state index in [1.165, 1.54) is 10.9 Å². The molecule has 38 heavy (non-hydrogen) atoms. The Bertz CT molecular complexity index is 1290. The predicted octanol–water partition coefficient (Wildman–Crippen LogP) is 4.99. The van der Waals surface area contributed by atoms with Crippen LogP contribution in [0.2, 0.25) is 0 Å². The summed E-state index contributed by atoms with van der Waals surface area (Å²) in [5, 5.41) is 4.13. The molecule has 1 heterocycles. The summed E-state index contributed by atoms with van der Waals surface area (Å²) < 4.78 is 5.19. The summed E-state index contributed by atoms with van der Waals surface area (Å²) in [5.74, 6) is -0.0824. The normalized spacial score (nSPS) is 10.9. The maximum Gasteiger partial charge on any atom is 0.318 e. The highest BCUT2D eigenvalue weighted by Gasteiger charge is 2.22. The van der Waals surface area contributed by atoms with Gasteiger partial charge in [-0.15, -0.1) is 0 Å². The van der Waals surface area contributed by atoms with Gasteiger partial charge < -0.3 is 24.8 Å². The largest absolute Gasteiger partial charge is 0.385 e. The van der Waals surface area contributed by atoms with E-state index in [4.69, 9.17) is 4.74 Å². The fourth-order valence-corrected chi connectivity index (χ4v) is 4.49. The molecule has 2 N–H and O–H groups in total. The van der Waals surface area contributed by atoms with Crippen molar-refractivity contribution in [2.75, 3.05) is 33.4 Å². The molecule has 7 heteroatoms. The SMILES string of the molecule is COCCCN(CC(=O)N(CCc1c[nH]c2ccccc12)Cc1ccccc1)C(=O)NCc1ccccc1. The molecule has 3 aromatic carbocycles. The molecular weight excluding hydrogens is 476 g/mol. The van der Waals surface area contributed by atoms with E-state index in [-0.39, 0.29) is 18.5 Å². The van der Waals surface area contributed by atoms with E-state index in [9.17, 15) is 9.59 Å². The number of carbonyl (C=O) groups is 2. The van der Waals surface area contributed by atoms with Crippen LogP contribution in [0.15, 0.2) is 91.1 Å². The van der Waals surface area contributed by atoms with Gasteiger partial charge in [0, 0.05) is 57.0 Å². The Morgan fingerprint density at radius 2 is 1.53 bits per heavy atom. The van der Waals surface area contributed by atoms with Crippen molar-refractivity contribution in [2.45, 2.75) is 25.9 Å². The Balaban J connectivity index is 1.46. The lowest BCUT2D eigenvalue weighted by Crippen LogP contribution is -2.47. The number of amides is 3. The van der Waals surface area contributed by atoms with Gasteiger partial charge in [-0.05, 0) is 35.6 Å². The standard InChI is InChI=1S/C31H36N4O3/c1-38-20-10-18-35(31(37)33-21-25-11-4-2-5-12-25)24-30(36)34(23-26-13-6-3-7-14-26)19-17-27-22-32-29-16-9-8-15-28(27)29/h2-9,11-16,22,32H,10,17-21,23-24H2,1H3,(H,33,37). The van der Waals surface area contributed by atoms with Crippen molar-refractivity contribution in [2.24, 2.45) is 0 Å². The number of para-hydroxylation sites is 1. The maximum atomic E-state index is 13.7. The van der Waals surface area contributed by atoms with Gasteiger partial charge in [-0.25, -0.2) is 4.79 Å². The average molecular weight is 513 g/mol. The van der Waals surface area contributed by atoms with Gasteiger partial charge in [-0.3, -0.25) is 4.79 Å². The molecule has 7 nitrogen and oxygen atoms in total. The monoisotopic (exact) mass is 512 g/mol. The quantitative estimate of drug-likeness (QED) is 0.248. The van der Waals surface area contributed by atoms with E-state index in [1.807, 2.05) is 83.9 Å². The van der Waals surface area contributed by atoms with Gasteiger partial charge in [-0.1, -0.05) is 78.9 Å². The van der Waals surface area contributed by atoms with Gasteiger partial charge in [-0.2, -0.15) is 0 Å². The number of nitrogens with one attached hydrogen (secondary N) is 2. The first-order chi connectivity index (χ1) is 18.6. The number of H-pyrrole nitrogens is 1. The Hall–Kier alpha value is -4.10. The van der Waals surface area contributed by atoms with Gasteiger partial charge in [0.15, 0.2) is 0 Å². The number of nitrogens with zero attached hydrogens (tertiary/aromatic N) is 2. The number of carbonyl (C=O) groups excluding carboxylic acids is 2. The van der Waals surface area contributed by atoms with E-state index in [0.717, 1.165) is 16.6 Å². The van der Waals surface area contributed by atoms with Gasteiger partial charge in [0.25, 0.3) is 0 Å². The molecule has 0 saturated heterocycles. The van der Waals surface area contributed by atoms with E-state index in [1.54, 1.807) is 12.0 Å². The van der Waals surface area contributed by atoms with Crippen LogP contribution in [0.5, 0.6) is 0 Å². The lowest BCUT2D eigenvalue weighted by molar-refractivity contribution is -0.132. The van der Waals surface area contributed by atoms with Crippen LogP contribution in [0, 0.1) is 0 Å². The third-order valence-electron chi connectivity index (χ3n) is 6.57. The number of aromatic nitrogens is 1. The number of fused-ring (bicyclic) bond motifs is 1. The van der Waals surface area contributed by atoms with Crippen LogP contribution in [0.1, 0.15) is 23.1 Å². The Morgan fingerprint density at radius 1 is 0.842 bits per heavy atom. The van der Waals surface area contributed by atoms with Crippen molar-refractivity contribution >= 4 is 22.8 Å². The number of ether oxygens (including phenoxy) is 1. The van der Waals surface area contributed by atoms with Crippen LogP contribution >= 0.6 is 0 Å². The molecule has 0 bridgehead atoms. The summed E-state index contributed by atoms with van der Waals surface area (Å²) in [4.78, 5) is 33.5. The molecule has 4 aromatic rings. The van der Waals surface area contributed by atoms with Crippen LogP contribution < -0.4 is 5.32 Å². The van der Waals surface area contributed by atoms with Crippen LogP contribution in [0.25, 0.3) is 10.9 Å². The van der Waals surface area contributed by atoms with Crippen molar-refractivity contribution < 1.29 is 14.3 Å². The molecule has 0 saturated carbocycles. The van der Waals surface area contributed by atoms with Gasteiger partial charge in [0.05, 0.1) is 0 Å². The highest BCUT2D eigenvalue weighted by molar-refractivity contribution is 5.85. The predicted molar refractivity (Wildman–Crippen MR) is 151 cm³/mol. The first-order valence-electron chi connectivity index (χ1n) is 13.1. The molecular formula is C31H36N4O3. The van der Waals surface area contributed by atoms with E-state index < -0.39 is 0 Å². The molecule has 3 amide bonds. The number of rotatable bonds is 13. The molecule has 0 atom stereocenters. The molecule has 198 valence electrons. The van der Waals surface area contributed by atoms with Crippen molar-refractivity contribution in [1.29, 1.82) is 0 Å². The number of hydrogen-bond acceptors (Lipinski definition) is 3. The Kier molecular flexibility index (Phi) is 9.93. The van der Waals surface area contributed by atoms with Gasteiger partial charge in [0.2, 0.25) is 5.91 Å². The second-order valence-electron chi connectivity index (χ2n) is 9.32. The zero-order chi connectivity index (χ0) is 26.6. The van der Waals surface area contributed by atoms with Crippen LogP contribution in [0.4, 0.5) is 4.79 Å². The third-order valence-corrected chi connectivity index (χ3v) is 6.57. The number of aromatic amines is 1. The minimum atomic E-state index is -0.255. The fourth-order valence-electron chi connectivity index (χ4n) is 4.49.